The quantitative estimate of drug-likeness (QED) is 0.575. The summed E-state index contributed by atoms with van der Waals surface area (Å²) in [5.74, 6) is 0.0666. The molecule has 0 heterocycles. The van der Waals surface area contributed by atoms with Crippen molar-refractivity contribution in [2.45, 2.75) is 23.6 Å². The normalized spacial score (nSPS) is 10.5. The molecule has 2 heteroatoms. The van der Waals surface area contributed by atoms with Crippen LogP contribution in [-0.2, 0) is 0 Å². The van der Waals surface area contributed by atoms with Gasteiger partial charge in [-0.2, -0.15) is 0 Å². The largest absolute Gasteiger partial charge is 0.289 e. The molecule has 0 spiro atoms. The first kappa shape index (κ1) is 15.6. The van der Waals surface area contributed by atoms with E-state index < -0.39 is 0 Å². The molecule has 0 radical (unpaired) electrons. The number of hydrogen-bond acceptors (Lipinski definition) is 2. The van der Waals surface area contributed by atoms with Crippen molar-refractivity contribution in [1.82, 2.24) is 0 Å². The van der Waals surface area contributed by atoms with Crippen LogP contribution in [0.2, 0.25) is 0 Å². The molecule has 0 aliphatic rings. The van der Waals surface area contributed by atoms with Gasteiger partial charge in [0.2, 0.25) is 0 Å². The molecule has 3 aromatic carbocycles. The third-order valence-corrected chi connectivity index (χ3v) is 4.70. The monoisotopic (exact) mass is 318 g/mol. The Hall–Kier alpha value is -2.32. The molecule has 0 bridgehead atoms. The van der Waals surface area contributed by atoms with E-state index in [2.05, 4.69) is 31.2 Å². The maximum atomic E-state index is 12.5. The van der Waals surface area contributed by atoms with E-state index in [1.807, 2.05) is 55.5 Å². The predicted octanol–water partition coefficient (Wildman–Crippen LogP) is 5.69. The summed E-state index contributed by atoms with van der Waals surface area (Å²) >= 11 is 1.70. The first-order valence-corrected chi connectivity index (χ1v) is 8.39. The highest BCUT2D eigenvalue weighted by molar-refractivity contribution is 7.99. The zero-order valence-electron chi connectivity index (χ0n) is 13.2. The lowest BCUT2D eigenvalue weighted by atomic mass is 10.0. The Morgan fingerprint density at radius 1 is 0.609 bits per heavy atom. The molecule has 0 N–H and O–H groups in total. The fourth-order valence-corrected chi connectivity index (χ4v) is 3.10. The first-order chi connectivity index (χ1) is 11.1. The minimum absolute atomic E-state index is 0.0666. The summed E-state index contributed by atoms with van der Waals surface area (Å²) in [6.45, 7) is 4.10. The summed E-state index contributed by atoms with van der Waals surface area (Å²) in [5.41, 5.74) is 3.87. The molecule has 0 aliphatic heterocycles. The fourth-order valence-electron chi connectivity index (χ4n) is 2.29. The summed E-state index contributed by atoms with van der Waals surface area (Å²) < 4.78 is 0. The number of carbonyl (C=O) groups is 1. The number of carbonyl (C=O) groups excluding carboxylic acids is 1. The van der Waals surface area contributed by atoms with Gasteiger partial charge < -0.3 is 0 Å². The van der Waals surface area contributed by atoms with E-state index in [-0.39, 0.29) is 5.78 Å². The lowest BCUT2D eigenvalue weighted by Gasteiger charge is -2.05. The molecule has 0 atom stereocenters. The van der Waals surface area contributed by atoms with Crippen LogP contribution in [-0.4, -0.2) is 5.78 Å². The van der Waals surface area contributed by atoms with Crippen molar-refractivity contribution in [3.63, 3.8) is 0 Å². The highest BCUT2D eigenvalue weighted by Gasteiger charge is 2.08. The van der Waals surface area contributed by atoms with Crippen LogP contribution in [0.3, 0.4) is 0 Å². The SMILES string of the molecule is Cc1ccc(Sc2ccc(C(=O)c3ccc(C)cc3)cc2)cc1. The van der Waals surface area contributed by atoms with E-state index in [0.29, 0.717) is 0 Å². The van der Waals surface area contributed by atoms with Gasteiger partial charge in [-0.3, -0.25) is 4.79 Å². The second-order valence-electron chi connectivity index (χ2n) is 5.63. The Kier molecular flexibility index (Phi) is 4.63. The van der Waals surface area contributed by atoms with E-state index in [1.54, 1.807) is 11.8 Å². The molecule has 23 heavy (non-hydrogen) atoms. The zero-order chi connectivity index (χ0) is 16.2. The molecule has 3 aromatic rings. The summed E-state index contributed by atoms with van der Waals surface area (Å²) in [5, 5.41) is 0. The Balaban J connectivity index is 1.75. The highest BCUT2D eigenvalue weighted by atomic mass is 32.2. The van der Waals surface area contributed by atoms with Gasteiger partial charge in [-0.1, -0.05) is 59.3 Å². The van der Waals surface area contributed by atoms with E-state index in [9.17, 15) is 4.79 Å². The van der Waals surface area contributed by atoms with Crippen molar-refractivity contribution in [2.75, 3.05) is 0 Å². The van der Waals surface area contributed by atoms with E-state index in [4.69, 9.17) is 0 Å². The van der Waals surface area contributed by atoms with Crippen LogP contribution in [0, 0.1) is 13.8 Å². The Bertz CT molecular complexity index is 800. The highest BCUT2D eigenvalue weighted by Crippen LogP contribution is 2.28. The van der Waals surface area contributed by atoms with Gasteiger partial charge in [0.05, 0.1) is 0 Å². The smallest absolute Gasteiger partial charge is 0.193 e. The van der Waals surface area contributed by atoms with Crippen molar-refractivity contribution in [3.05, 3.63) is 95.1 Å². The topological polar surface area (TPSA) is 17.1 Å². The van der Waals surface area contributed by atoms with Gasteiger partial charge in [0, 0.05) is 20.9 Å². The van der Waals surface area contributed by atoms with Crippen LogP contribution in [0.15, 0.2) is 82.6 Å². The van der Waals surface area contributed by atoms with Gasteiger partial charge in [0.25, 0.3) is 0 Å². The third-order valence-electron chi connectivity index (χ3n) is 3.69. The van der Waals surface area contributed by atoms with Crippen LogP contribution in [0.5, 0.6) is 0 Å². The van der Waals surface area contributed by atoms with Gasteiger partial charge in [0.15, 0.2) is 5.78 Å². The van der Waals surface area contributed by atoms with E-state index >= 15 is 0 Å². The Morgan fingerprint density at radius 3 is 1.43 bits per heavy atom. The molecule has 0 unspecified atom stereocenters. The van der Waals surface area contributed by atoms with Gasteiger partial charge >= 0.3 is 0 Å². The van der Waals surface area contributed by atoms with Crippen molar-refractivity contribution < 1.29 is 4.79 Å². The summed E-state index contributed by atoms with van der Waals surface area (Å²) in [6, 6.07) is 24.0. The van der Waals surface area contributed by atoms with E-state index in [1.165, 1.54) is 10.5 Å². The lowest BCUT2D eigenvalue weighted by Crippen LogP contribution is -2.00. The third kappa shape index (κ3) is 3.91. The average molecular weight is 318 g/mol. The standard InChI is InChI=1S/C21H18OS/c1-15-3-7-17(8-4-15)21(22)18-9-13-20(14-10-18)23-19-11-5-16(2)6-12-19/h3-14H,1-2H3. The maximum Gasteiger partial charge on any atom is 0.193 e. The van der Waals surface area contributed by atoms with E-state index in [0.717, 1.165) is 21.6 Å². The van der Waals surface area contributed by atoms with Crippen LogP contribution in [0.25, 0.3) is 0 Å². The first-order valence-electron chi connectivity index (χ1n) is 7.58. The lowest BCUT2D eigenvalue weighted by molar-refractivity contribution is 0.103. The number of hydrogen-bond donors (Lipinski definition) is 0. The Morgan fingerprint density at radius 2 is 0.957 bits per heavy atom. The average Bonchev–Trinajstić information content (AvgIpc) is 2.58. The van der Waals surface area contributed by atoms with Crippen molar-refractivity contribution in [3.8, 4) is 0 Å². The van der Waals surface area contributed by atoms with Gasteiger partial charge in [-0.05, 0) is 50.2 Å². The molecule has 0 saturated heterocycles. The number of rotatable bonds is 4. The zero-order valence-corrected chi connectivity index (χ0v) is 14.1. The van der Waals surface area contributed by atoms with Gasteiger partial charge in [-0.25, -0.2) is 0 Å². The number of aryl methyl sites for hydroxylation is 2. The van der Waals surface area contributed by atoms with Crippen molar-refractivity contribution in [2.24, 2.45) is 0 Å². The minimum atomic E-state index is 0.0666. The molecule has 114 valence electrons. The number of benzene rings is 3. The fraction of sp³-hybridized carbons (Fsp3) is 0.0952. The minimum Gasteiger partial charge on any atom is -0.289 e. The summed E-state index contributed by atoms with van der Waals surface area (Å²) in [6.07, 6.45) is 0. The second kappa shape index (κ2) is 6.84. The van der Waals surface area contributed by atoms with Gasteiger partial charge in [0.1, 0.15) is 0 Å². The van der Waals surface area contributed by atoms with Crippen molar-refractivity contribution in [1.29, 1.82) is 0 Å². The molecular formula is C21H18OS. The molecule has 0 fully saturated rings. The summed E-state index contributed by atoms with van der Waals surface area (Å²) in [7, 11) is 0. The molecule has 1 nitrogen and oxygen atoms in total. The van der Waals surface area contributed by atoms with Gasteiger partial charge in [-0.15, -0.1) is 0 Å². The Labute approximate surface area is 141 Å². The van der Waals surface area contributed by atoms with Crippen LogP contribution >= 0.6 is 11.8 Å². The van der Waals surface area contributed by atoms with Crippen LogP contribution in [0.4, 0.5) is 0 Å². The van der Waals surface area contributed by atoms with Crippen LogP contribution < -0.4 is 0 Å². The summed E-state index contributed by atoms with van der Waals surface area (Å²) in [4.78, 5) is 14.8. The predicted molar refractivity (Wildman–Crippen MR) is 96.4 cm³/mol. The molecule has 0 saturated carbocycles. The van der Waals surface area contributed by atoms with Crippen molar-refractivity contribution >= 4 is 17.5 Å². The molecule has 0 aromatic heterocycles. The second-order valence-corrected chi connectivity index (χ2v) is 6.78. The number of ketones is 1. The molecule has 3 rings (SSSR count). The molecular weight excluding hydrogens is 300 g/mol. The maximum absolute atomic E-state index is 12.5. The molecule has 0 aliphatic carbocycles. The molecule has 0 amide bonds. The van der Waals surface area contributed by atoms with Crippen LogP contribution in [0.1, 0.15) is 27.0 Å².